The molecule has 0 radical (unpaired) electrons. The number of benzene rings is 2. The fourth-order valence-electron chi connectivity index (χ4n) is 2.12. The molecule has 0 aliphatic heterocycles. The van der Waals surface area contributed by atoms with Crippen molar-refractivity contribution in [1.82, 2.24) is 0 Å². The number of methoxy groups -OCH3 is 1. The average Bonchev–Trinajstić information content (AvgIpc) is 2.61. The van der Waals surface area contributed by atoms with Crippen LogP contribution in [0, 0.1) is 0 Å². The summed E-state index contributed by atoms with van der Waals surface area (Å²) >= 11 is 5.81. The van der Waals surface area contributed by atoms with Gasteiger partial charge in [0.25, 0.3) is 0 Å². The number of nitrogens with one attached hydrogen (secondary N) is 1. The first kappa shape index (κ1) is 19.1. The Morgan fingerprint density at radius 1 is 1.12 bits per heavy atom. The maximum absolute atomic E-state index is 12.4. The van der Waals surface area contributed by atoms with Crippen LogP contribution < -0.4 is 14.4 Å². The standard InChI is InChI=1S/C17H19ClN2O4S/c1-3-25(22,23)20(15-8-10-16(24-2)11-9-15)12-17(21)19-14-6-4-13(18)5-7-14/h4-11H,3,12H2,1-2H3,(H,19,21). The Labute approximate surface area is 152 Å². The number of ether oxygens (including phenoxy) is 1. The number of anilines is 2. The van der Waals surface area contributed by atoms with E-state index in [9.17, 15) is 13.2 Å². The molecule has 134 valence electrons. The number of amides is 1. The van der Waals surface area contributed by atoms with Gasteiger partial charge in [0.1, 0.15) is 12.3 Å². The van der Waals surface area contributed by atoms with E-state index in [4.69, 9.17) is 16.3 Å². The molecule has 0 aliphatic rings. The second-order valence-corrected chi connectivity index (χ2v) is 7.78. The van der Waals surface area contributed by atoms with E-state index in [-0.39, 0.29) is 12.3 Å². The van der Waals surface area contributed by atoms with Crippen molar-refractivity contribution in [2.45, 2.75) is 6.92 Å². The lowest BCUT2D eigenvalue weighted by molar-refractivity contribution is -0.114. The van der Waals surface area contributed by atoms with Crippen LogP contribution in [0.5, 0.6) is 5.75 Å². The first-order valence-electron chi connectivity index (χ1n) is 7.55. The minimum absolute atomic E-state index is 0.118. The third kappa shape index (κ3) is 5.11. The van der Waals surface area contributed by atoms with Gasteiger partial charge in [-0.2, -0.15) is 0 Å². The van der Waals surface area contributed by atoms with Crippen LogP contribution in [0.15, 0.2) is 48.5 Å². The third-order valence-electron chi connectivity index (χ3n) is 3.48. The van der Waals surface area contributed by atoms with Gasteiger partial charge in [-0.25, -0.2) is 8.42 Å². The van der Waals surface area contributed by atoms with E-state index in [1.165, 1.54) is 14.0 Å². The summed E-state index contributed by atoms with van der Waals surface area (Å²) < 4.78 is 30.9. The van der Waals surface area contributed by atoms with Crippen molar-refractivity contribution in [1.29, 1.82) is 0 Å². The second kappa shape index (κ2) is 8.22. The van der Waals surface area contributed by atoms with Crippen molar-refractivity contribution < 1.29 is 17.9 Å². The van der Waals surface area contributed by atoms with Gasteiger partial charge >= 0.3 is 0 Å². The zero-order valence-corrected chi connectivity index (χ0v) is 15.5. The molecule has 25 heavy (non-hydrogen) atoms. The van der Waals surface area contributed by atoms with Gasteiger partial charge in [0.2, 0.25) is 15.9 Å². The molecule has 0 atom stereocenters. The topological polar surface area (TPSA) is 75.7 Å². The SMILES string of the molecule is CCS(=O)(=O)N(CC(=O)Nc1ccc(Cl)cc1)c1ccc(OC)cc1. The molecule has 0 bridgehead atoms. The van der Waals surface area contributed by atoms with Gasteiger partial charge in [0.05, 0.1) is 18.6 Å². The van der Waals surface area contributed by atoms with Gasteiger partial charge < -0.3 is 10.1 Å². The molecule has 1 N–H and O–H groups in total. The molecular weight excluding hydrogens is 364 g/mol. The summed E-state index contributed by atoms with van der Waals surface area (Å²) in [6, 6.07) is 13.1. The fourth-order valence-corrected chi connectivity index (χ4v) is 3.31. The van der Waals surface area contributed by atoms with Gasteiger partial charge in [-0.1, -0.05) is 11.6 Å². The Kier molecular flexibility index (Phi) is 6.27. The summed E-state index contributed by atoms with van der Waals surface area (Å²) in [5.41, 5.74) is 0.937. The quantitative estimate of drug-likeness (QED) is 0.798. The molecule has 0 aliphatic carbocycles. The summed E-state index contributed by atoms with van der Waals surface area (Å²) in [6.07, 6.45) is 0. The Bertz CT molecular complexity index is 821. The second-order valence-electron chi connectivity index (χ2n) is 5.16. The predicted molar refractivity (Wildman–Crippen MR) is 99.9 cm³/mol. The van der Waals surface area contributed by atoms with Crippen molar-refractivity contribution in [3.63, 3.8) is 0 Å². The molecule has 0 unspecified atom stereocenters. The molecule has 2 rings (SSSR count). The summed E-state index contributed by atoms with van der Waals surface area (Å²) in [5, 5.41) is 3.21. The maximum Gasteiger partial charge on any atom is 0.245 e. The van der Waals surface area contributed by atoms with Gasteiger partial charge in [-0.05, 0) is 55.5 Å². The van der Waals surface area contributed by atoms with Crippen LogP contribution in [0.25, 0.3) is 0 Å². The van der Waals surface area contributed by atoms with Crippen molar-refractivity contribution >= 4 is 38.9 Å². The molecule has 2 aromatic carbocycles. The van der Waals surface area contributed by atoms with Crippen molar-refractivity contribution in [3.05, 3.63) is 53.6 Å². The molecule has 0 heterocycles. The predicted octanol–water partition coefficient (Wildman–Crippen LogP) is 3.14. The maximum atomic E-state index is 12.4. The number of rotatable bonds is 7. The summed E-state index contributed by atoms with van der Waals surface area (Å²) in [4.78, 5) is 12.3. The van der Waals surface area contributed by atoms with Crippen molar-refractivity contribution in [2.24, 2.45) is 0 Å². The fraction of sp³-hybridized carbons (Fsp3) is 0.235. The summed E-state index contributed by atoms with van der Waals surface area (Å²) in [6.45, 7) is 1.20. The van der Waals surface area contributed by atoms with Crippen LogP contribution >= 0.6 is 11.6 Å². The van der Waals surface area contributed by atoms with Crippen LogP contribution in [0.4, 0.5) is 11.4 Å². The number of hydrogen-bond acceptors (Lipinski definition) is 4. The molecule has 0 aromatic heterocycles. The van der Waals surface area contributed by atoms with Crippen LogP contribution in [-0.2, 0) is 14.8 Å². The highest BCUT2D eigenvalue weighted by molar-refractivity contribution is 7.92. The number of carbonyl (C=O) groups excluding carboxylic acids is 1. The van der Waals surface area contributed by atoms with E-state index in [0.29, 0.717) is 22.1 Å². The molecule has 2 aromatic rings. The molecule has 6 nitrogen and oxygen atoms in total. The van der Waals surface area contributed by atoms with Crippen LogP contribution in [0.3, 0.4) is 0 Å². The van der Waals surface area contributed by atoms with Gasteiger partial charge in [0, 0.05) is 10.7 Å². The zero-order chi connectivity index (χ0) is 18.4. The van der Waals surface area contributed by atoms with Gasteiger partial charge in [-0.15, -0.1) is 0 Å². The van der Waals surface area contributed by atoms with Crippen LogP contribution in [0.1, 0.15) is 6.92 Å². The minimum atomic E-state index is -3.62. The summed E-state index contributed by atoms with van der Waals surface area (Å²) in [5.74, 6) is 0.0335. The Morgan fingerprint density at radius 3 is 2.24 bits per heavy atom. The van der Waals surface area contributed by atoms with E-state index >= 15 is 0 Å². The lowest BCUT2D eigenvalue weighted by Crippen LogP contribution is -2.39. The van der Waals surface area contributed by atoms with Crippen LogP contribution in [0.2, 0.25) is 5.02 Å². The average molecular weight is 383 g/mol. The molecule has 0 fully saturated rings. The highest BCUT2D eigenvalue weighted by Gasteiger charge is 2.23. The molecular formula is C17H19ClN2O4S. The molecule has 0 saturated carbocycles. The van der Waals surface area contributed by atoms with Gasteiger partial charge in [-0.3, -0.25) is 9.10 Å². The van der Waals surface area contributed by atoms with E-state index in [2.05, 4.69) is 5.32 Å². The largest absolute Gasteiger partial charge is 0.497 e. The smallest absolute Gasteiger partial charge is 0.245 e. The van der Waals surface area contributed by atoms with Crippen molar-refractivity contribution in [3.8, 4) is 5.75 Å². The lowest BCUT2D eigenvalue weighted by Gasteiger charge is -2.23. The summed E-state index contributed by atoms with van der Waals surface area (Å²) in [7, 11) is -2.09. The number of hydrogen-bond donors (Lipinski definition) is 1. The first-order valence-corrected chi connectivity index (χ1v) is 9.54. The molecule has 8 heteroatoms. The Balaban J connectivity index is 2.20. The number of nitrogens with zero attached hydrogens (tertiary/aromatic N) is 1. The monoisotopic (exact) mass is 382 g/mol. The van der Waals surface area contributed by atoms with Crippen molar-refractivity contribution in [2.75, 3.05) is 29.0 Å². The number of sulfonamides is 1. The van der Waals surface area contributed by atoms with Gasteiger partial charge in [0.15, 0.2) is 0 Å². The van der Waals surface area contributed by atoms with E-state index in [1.54, 1.807) is 48.5 Å². The number of carbonyl (C=O) groups is 1. The highest BCUT2D eigenvalue weighted by atomic mass is 35.5. The Hall–Kier alpha value is -2.25. The third-order valence-corrected chi connectivity index (χ3v) is 5.47. The zero-order valence-electron chi connectivity index (χ0n) is 13.9. The molecule has 0 saturated heterocycles. The molecule has 0 spiro atoms. The minimum Gasteiger partial charge on any atom is -0.497 e. The van der Waals surface area contributed by atoms with Crippen LogP contribution in [-0.4, -0.2) is 33.7 Å². The lowest BCUT2D eigenvalue weighted by atomic mass is 10.3. The van der Waals surface area contributed by atoms with E-state index in [0.717, 1.165) is 4.31 Å². The normalized spacial score (nSPS) is 11.0. The van der Waals surface area contributed by atoms with E-state index < -0.39 is 15.9 Å². The van der Waals surface area contributed by atoms with E-state index in [1.807, 2.05) is 0 Å². The number of halogens is 1. The highest BCUT2D eigenvalue weighted by Crippen LogP contribution is 2.22. The first-order chi connectivity index (χ1) is 11.9. The Morgan fingerprint density at radius 2 is 1.72 bits per heavy atom. The molecule has 1 amide bonds.